The summed E-state index contributed by atoms with van der Waals surface area (Å²) in [5, 5.41) is 23.4. The molecule has 2 rings (SSSR count). The van der Waals surface area contributed by atoms with E-state index in [1.807, 2.05) is 69.2 Å². The van der Waals surface area contributed by atoms with Crippen molar-refractivity contribution in [3.63, 3.8) is 0 Å². The quantitative estimate of drug-likeness (QED) is 0.0972. The van der Waals surface area contributed by atoms with E-state index in [4.69, 9.17) is 14.2 Å². The summed E-state index contributed by atoms with van der Waals surface area (Å²) in [6, 6.07) is -12.2. The minimum Gasteiger partial charge on any atom is -0.390 e. The van der Waals surface area contributed by atoms with Crippen molar-refractivity contribution < 1.29 is 72.1 Å². The molecule has 0 aromatic carbocycles. The fraction of sp³-hybridized carbons (Fsp3) is 0.825. The van der Waals surface area contributed by atoms with Crippen LogP contribution >= 0.6 is 0 Å². The third-order valence-corrected chi connectivity index (χ3v) is 16.7. The van der Waals surface area contributed by atoms with E-state index in [-0.39, 0.29) is 61.7 Å². The Hall–Kier alpha value is -5.99. The number of carbonyl (C=O) groups is 11. The van der Waals surface area contributed by atoms with Crippen molar-refractivity contribution in [2.24, 2.45) is 41.4 Å². The zero-order valence-corrected chi connectivity index (χ0v) is 57.7. The average molecular weight is 1260 g/mol. The first kappa shape index (κ1) is 79.1. The van der Waals surface area contributed by atoms with Crippen molar-refractivity contribution in [3.8, 4) is 0 Å². The van der Waals surface area contributed by atoms with Gasteiger partial charge in [0.2, 0.25) is 53.2 Å². The first-order valence-corrected chi connectivity index (χ1v) is 31.8. The number of hydrogen-bond acceptors (Lipinski definition) is 16. The summed E-state index contributed by atoms with van der Waals surface area (Å²) >= 11 is 0. The predicted molar refractivity (Wildman–Crippen MR) is 336 cm³/mol. The molecule has 26 heteroatoms. The summed E-state index contributed by atoms with van der Waals surface area (Å²) in [6.45, 7) is 28.6. The van der Waals surface area contributed by atoms with Crippen molar-refractivity contribution in [1.82, 2.24) is 55.6 Å². The lowest BCUT2D eigenvalue weighted by Crippen LogP contribution is -2.64. The first-order valence-electron chi connectivity index (χ1n) is 31.8. The summed E-state index contributed by atoms with van der Waals surface area (Å²) in [4.78, 5) is 169. The molecule has 0 aromatic rings. The Kier molecular flexibility index (Phi) is 32.7. The van der Waals surface area contributed by atoms with Crippen LogP contribution < -0.4 is 21.3 Å². The maximum Gasteiger partial charge on any atom is 0.417 e. The highest BCUT2D eigenvalue weighted by Crippen LogP contribution is 2.25. The molecule has 2 fully saturated rings. The molecule has 0 radical (unpaired) electrons. The van der Waals surface area contributed by atoms with Gasteiger partial charge in [-0.3, -0.25) is 53.0 Å². The highest BCUT2D eigenvalue weighted by Gasteiger charge is 2.45. The van der Waals surface area contributed by atoms with Crippen molar-refractivity contribution in [1.29, 1.82) is 0 Å². The number of hydrogen-bond donors (Lipinski definition) is 5. The zero-order chi connectivity index (χ0) is 68.2. The molecule has 0 aromatic heterocycles. The molecule has 5 N–H and O–H groups in total. The molecule has 2 saturated heterocycles. The predicted octanol–water partition coefficient (Wildman–Crippen LogP) is 2.33. The van der Waals surface area contributed by atoms with Gasteiger partial charge in [0.05, 0.1) is 32.0 Å². The second-order valence-electron chi connectivity index (χ2n) is 27.2. The molecule has 3 unspecified atom stereocenters. The van der Waals surface area contributed by atoms with E-state index in [9.17, 15) is 48.3 Å². The number of amides is 10. The van der Waals surface area contributed by atoms with E-state index in [0.717, 1.165) is 14.7 Å². The van der Waals surface area contributed by atoms with E-state index in [2.05, 4.69) is 26.2 Å². The molecule has 2 heterocycles. The van der Waals surface area contributed by atoms with Crippen LogP contribution in [0.5, 0.6) is 0 Å². The normalized spacial score (nSPS) is 26.7. The highest BCUT2D eigenvalue weighted by molar-refractivity contribution is 5.99. The molecule has 0 bridgehead atoms. The minimum atomic E-state index is -1.69. The molecule has 89 heavy (non-hydrogen) atoms. The van der Waals surface area contributed by atoms with Crippen LogP contribution in [0, 0.1) is 41.4 Å². The van der Waals surface area contributed by atoms with Gasteiger partial charge in [0.25, 0.3) is 0 Å². The fourth-order valence-electron chi connectivity index (χ4n) is 11.2. The zero-order valence-electron chi connectivity index (χ0n) is 57.7. The Morgan fingerprint density at radius 3 is 1.39 bits per heavy atom. The van der Waals surface area contributed by atoms with Crippen LogP contribution in [0.25, 0.3) is 0 Å². The topological polar surface area (TPSA) is 306 Å². The van der Waals surface area contributed by atoms with Crippen molar-refractivity contribution >= 4 is 65.2 Å². The molecule has 0 saturated carbocycles. The van der Waals surface area contributed by atoms with Gasteiger partial charge in [-0.1, -0.05) is 90.0 Å². The summed E-state index contributed by atoms with van der Waals surface area (Å²) in [6.07, 6.45) is -3.01. The number of nitrogens with zero attached hydrogens (tertiary/aromatic N) is 7. The number of rotatable bonds is 18. The summed E-state index contributed by atoms with van der Waals surface area (Å²) in [5.74, 6) is -10.1. The van der Waals surface area contributed by atoms with Gasteiger partial charge in [0, 0.05) is 62.5 Å². The maximum atomic E-state index is 15.3. The molecular formula is C63H113N11O15. The van der Waals surface area contributed by atoms with Crippen LogP contribution in [-0.2, 0) is 62.2 Å². The average Bonchev–Trinajstić information content (AvgIpc) is 2.73. The molecule has 510 valence electrons. The number of methoxy groups -OCH3 is 1. The Morgan fingerprint density at radius 1 is 0.517 bits per heavy atom. The summed E-state index contributed by atoms with van der Waals surface area (Å²) in [5.41, 5.74) is 0. The second-order valence-corrected chi connectivity index (χ2v) is 27.2. The molecule has 0 spiro atoms. The fourth-order valence-corrected chi connectivity index (χ4v) is 11.2. The number of cyclic esters (lactones) is 2. The number of nitrogens with one attached hydrogen (secondary N) is 4. The summed E-state index contributed by atoms with van der Waals surface area (Å²) in [7, 11) is 9.45. The van der Waals surface area contributed by atoms with Crippen molar-refractivity contribution in [3.05, 3.63) is 0 Å². The molecule has 10 amide bonds. The van der Waals surface area contributed by atoms with E-state index < -0.39 is 150 Å². The SMILES string of the molecule is CO[C@H](C)C1NC(=O)C([C@H](O)[C@H](C)CCN2CCOCC2)N(C)C(=O)C(C(C)C)N(C)C(=O)[C@@H](CC(C)C)NC(=O)[C@@H](CC(C)C)N(C)C(=O)OC(=O)[C@@H](C)NC(=O)[C@@H](CC(C)C)N(C)C(=O)[C@@H](CC(C)C)NC(=O)[C@H](CC(C)C)N(C)C(=O)CN(C)C1=O. The van der Waals surface area contributed by atoms with Crippen LogP contribution in [0.3, 0.4) is 0 Å². The Labute approximate surface area is 530 Å². The molecule has 2 aliphatic rings. The largest absolute Gasteiger partial charge is 0.417 e. The maximum absolute atomic E-state index is 15.3. The monoisotopic (exact) mass is 1260 g/mol. The minimum absolute atomic E-state index is 0.0412. The van der Waals surface area contributed by atoms with Gasteiger partial charge in [-0.05, 0) is 100 Å². The van der Waals surface area contributed by atoms with E-state index in [1.54, 1.807) is 20.8 Å². The number of aliphatic hydroxyl groups is 1. The lowest BCUT2D eigenvalue weighted by atomic mass is 9.91. The molecule has 2 aliphatic heterocycles. The lowest BCUT2D eigenvalue weighted by Gasteiger charge is -2.40. The second kappa shape index (κ2) is 36.8. The molecule has 26 nitrogen and oxygen atoms in total. The number of carbonyl (C=O) groups excluding carboxylic acids is 11. The van der Waals surface area contributed by atoms with Gasteiger partial charge in [-0.25, -0.2) is 9.59 Å². The third kappa shape index (κ3) is 23.6. The van der Waals surface area contributed by atoms with Crippen LogP contribution in [0.2, 0.25) is 0 Å². The van der Waals surface area contributed by atoms with Crippen LogP contribution in [0.15, 0.2) is 0 Å². The van der Waals surface area contributed by atoms with Gasteiger partial charge < -0.3 is 65.1 Å². The van der Waals surface area contributed by atoms with Crippen LogP contribution in [0.4, 0.5) is 4.79 Å². The van der Waals surface area contributed by atoms with Crippen molar-refractivity contribution in [2.75, 3.05) is 88.8 Å². The molecule has 0 aliphatic carbocycles. The number of aliphatic hydroxyl groups excluding tert-OH is 1. The molecular weight excluding hydrogens is 1150 g/mol. The van der Waals surface area contributed by atoms with Crippen LogP contribution in [0.1, 0.15) is 142 Å². The Morgan fingerprint density at radius 2 is 0.944 bits per heavy atom. The van der Waals surface area contributed by atoms with Gasteiger partial charge in [0.15, 0.2) is 0 Å². The van der Waals surface area contributed by atoms with Gasteiger partial charge >= 0.3 is 12.1 Å². The number of likely N-dealkylation sites (N-methyl/N-ethyl adjacent to an activating group) is 6. The van der Waals surface area contributed by atoms with Gasteiger partial charge in [-0.15, -0.1) is 0 Å². The van der Waals surface area contributed by atoms with E-state index in [0.29, 0.717) is 39.3 Å². The standard InChI is InChI=1S/C63H113N11O15/c1-35(2)29-44-58(81)70(18)47(32-38(7)8)54(77)64-42(14)62(85)89-63(86)71(19)48(33-39(9)10)56(79)66-45(30-36(3)4)59(82)72(20)51(40(11)12)61(84)73(21)52(53(76)41(13)23-24-74-25-27-88-28-26-74)57(80)67-50(43(15)87-22)60(83)68(16)34-49(75)69(17)46(31-37(5)6)55(78)65-44/h35-48,50-53,76H,23-34H2,1-22H3,(H,64,77)(H,65,78)(H,66,79)(H,67,80)/t41-,42-,43-,44-,45-,46+,47-,48-,50?,51?,52?,53-/m1/s1. The lowest BCUT2D eigenvalue weighted by molar-refractivity contribution is -0.155. The van der Waals surface area contributed by atoms with E-state index in [1.165, 1.54) is 77.9 Å². The highest BCUT2D eigenvalue weighted by atomic mass is 16.6. The third-order valence-electron chi connectivity index (χ3n) is 16.7. The first-order chi connectivity index (χ1) is 41.3. The smallest absolute Gasteiger partial charge is 0.390 e. The number of esters is 1. The van der Waals surface area contributed by atoms with E-state index >= 15 is 9.59 Å². The Bertz CT molecular complexity index is 2380. The Balaban J connectivity index is 2.99. The number of ether oxygens (including phenoxy) is 3. The van der Waals surface area contributed by atoms with Crippen LogP contribution in [-0.4, -0.2) is 260 Å². The van der Waals surface area contributed by atoms with Gasteiger partial charge in [0.1, 0.15) is 54.4 Å². The van der Waals surface area contributed by atoms with Crippen molar-refractivity contribution in [2.45, 2.75) is 209 Å². The molecule has 12 atom stereocenters. The summed E-state index contributed by atoms with van der Waals surface area (Å²) < 4.78 is 16.5. The number of morpholine rings is 1. The van der Waals surface area contributed by atoms with Gasteiger partial charge in [-0.2, -0.15) is 0 Å².